The lowest BCUT2D eigenvalue weighted by Gasteiger charge is -2.16. The Kier molecular flexibility index (Phi) is 4.94. The first-order valence-corrected chi connectivity index (χ1v) is 7.22. The van der Waals surface area contributed by atoms with E-state index < -0.39 is 11.7 Å². The van der Waals surface area contributed by atoms with Crippen LogP contribution in [-0.2, 0) is 12.6 Å². The van der Waals surface area contributed by atoms with Crippen molar-refractivity contribution in [1.82, 2.24) is 0 Å². The fourth-order valence-corrected chi connectivity index (χ4v) is 2.59. The lowest BCUT2D eigenvalue weighted by molar-refractivity contribution is -0.137. The van der Waals surface area contributed by atoms with Crippen molar-refractivity contribution in [2.75, 3.05) is 5.88 Å². The van der Waals surface area contributed by atoms with Gasteiger partial charge in [0.05, 0.1) is 5.56 Å². The van der Waals surface area contributed by atoms with E-state index >= 15 is 0 Å². The minimum atomic E-state index is -4.29. The van der Waals surface area contributed by atoms with Crippen LogP contribution < -0.4 is 0 Å². The first-order chi connectivity index (χ1) is 9.90. The number of aryl methyl sites for hydroxylation is 1. The number of alkyl halides is 4. The van der Waals surface area contributed by atoms with E-state index in [1.807, 2.05) is 25.1 Å². The van der Waals surface area contributed by atoms with Crippen molar-refractivity contribution in [3.63, 3.8) is 0 Å². The van der Waals surface area contributed by atoms with E-state index in [2.05, 4.69) is 6.07 Å². The summed E-state index contributed by atoms with van der Waals surface area (Å²) in [6, 6.07) is 13.3. The second kappa shape index (κ2) is 6.52. The zero-order valence-electron chi connectivity index (χ0n) is 11.6. The Bertz CT molecular complexity index is 588. The number of halogens is 4. The molecular formula is C17H16ClF3. The van der Waals surface area contributed by atoms with Gasteiger partial charge in [0, 0.05) is 11.8 Å². The van der Waals surface area contributed by atoms with E-state index in [0.29, 0.717) is 12.3 Å². The van der Waals surface area contributed by atoms with E-state index in [4.69, 9.17) is 11.6 Å². The summed E-state index contributed by atoms with van der Waals surface area (Å²) in [5.41, 5.74) is 2.50. The van der Waals surface area contributed by atoms with Gasteiger partial charge in [0.15, 0.2) is 0 Å². The fourth-order valence-electron chi connectivity index (χ4n) is 2.30. The summed E-state index contributed by atoms with van der Waals surface area (Å²) in [7, 11) is 0. The zero-order chi connectivity index (χ0) is 15.5. The highest BCUT2D eigenvalue weighted by atomic mass is 35.5. The summed E-state index contributed by atoms with van der Waals surface area (Å²) in [6.45, 7) is 2.01. The Morgan fingerprint density at radius 1 is 1.05 bits per heavy atom. The molecule has 0 saturated carbocycles. The van der Waals surface area contributed by atoms with Gasteiger partial charge in [-0.05, 0) is 36.6 Å². The van der Waals surface area contributed by atoms with Crippen molar-refractivity contribution < 1.29 is 13.2 Å². The number of hydrogen-bond donors (Lipinski definition) is 0. The molecule has 0 amide bonds. The van der Waals surface area contributed by atoms with Gasteiger partial charge in [-0.25, -0.2) is 0 Å². The summed E-state index contributed by atoms with van der Waals surface area (Å²) < 4.78 is 37.6. The molecule has 0 aliphatic heterocycles. The number of rotatable bonds is 4. The summed E-state index contributed by atoms with van der Waals surface area (Å²) in [4.78, 5) is 0. The summed E-state index contributed by atoms with van der Waals surface area (Å²) in [5.74, 6) is 0.535. The Morgan fingerprint density at radius 3 is 2.24 bits per heavy atom. The molecule has 0 saturated heterocycles. The second-order valence-electron chi connectivity index (χ2n) is 5.16. The molecule has 0 aromatic heterocycles. The van der Waals surface area contributed by atoms with Gasteiger partial charge in [0.1, 0.15) is 0 Å². The minimum absolute atomic E-state index is 0.100. The van der Waals surface area contributed by atoms with Crippen molar-refractivity contribution in [1.29, 1.82) is 0 Å². The molecule has 0 bridgehead atoms. The van der Waals surface area contributed by atoms with E-state index in [1.54, 1.807) is 0 Å². The van der Waals surface area contributed by atoms with Crippen molar-refractivity contribution in [3.05, 3.63) is 70.8 Å². The third-order valence-corrected chi connectivity index (χ3v) is 3.84. The standard InChI is InChI=1S/C17H16ClF3/c1-12-3-2-4-14(9-12)15(11-18)10-13-5-7-16(8-6-13)17(19,20)21/h2-9,15H,10-11H2,1H3. The van der Waals surface area contributed by atoms with E-state index in [9.17, 15) is 13.2 Å². The third kappa shape index (κ3) is 4.24. The molecule has 0 radical (unpaired) electrons. The molecule has 0 spiro atoms. The van der Waals surface area contributed by atoms with E-state index in [1.165, 1.54) is 12.1 Å². The zero-order valence-corrected chi connectivity index (χ0v) is 12.4. The fraction of sp³-hybridized carbons (Fsp3) is 0.294. The molecule has 0 aliphatic rings. The monoisotopic (exact) mass is 312 g/mol. The van der Waals surface area contributed by atoms with Gasteiger partial charge in [0.25, 0.3) is 0 Å². The molecule has 1 atom stereocenters. The van der Waals surface area contributed by atoms with Crippen LogP contribution in [0.4, 0.5) is 13.2 Å². The van der Waals surface area contributed by atoms with Crippen molar-refractivity contribution >= 4 is 11.6 Å². The number of benzene rings is 2. The normalized spacial score (nSPS) is 13.2. The van der Waals surface area contributed by atoms with E-state index in [0.717, 1.165) is 28.8 Å². The molecule has 0 nitrogen and oxygen atoms in total. The van der Waals surface area contributed by atoms with Crippen LogP contribution in [0.2, 0.25) is 0 Å². The van der Waals surface area contributed by atoms with Crippen LogP contribution in [0.1, 0.15) is 28.2 Å². The molecule has 0 fully saturated rings. The Morgan fingerprint density at radius 2 is 1.71 bits per heavy atom. The molecule has 1 unspecified atom stereocenters. The molecule has 2 rings (SSSR count). The molecule has 2 aromatic carbocycles. The van der Waals surface area contributed by atoms with Gasteiger partial charge >= 0.3 is 6.18 Å². The van der Waals surface area contributed by atoms with Crippen LogP contribution in [0.5, 0.6) is 0 Å². The highest BCUT2D eigenvalue weighted by Crippen LogP contribution is 2.30. The SMILES string of the molecule is Cc1cccc(C(CCl)Cc2ccc(C(F)(F)F)cc2)c1. The highest BCUT2D eigenvalue weighted by Gasteiger charge is 2.30. The van der Waals surface area contributed by atoms with Crippen molar-refractivity contribution in [3.8, 4) is 0 Å². The van der Waals surface area contributed by atoms with Crippen LogP contribution in [0.15, 0.2) is 48.5 Å². The van der Waals surface area contributed by atoms with Gasteiger partial charge in [-0.3, -0.25) is 0 Å². The topological polar surface area (TPSA) is 0 Å². The maximum atomic E-state index is 12.5. The maximum Gasteiger partial charge on any atom is 0.416 e. The van der Waals surface area contributed by atoms with Crippen molar-refractivity contribution in [2.45, 2.75) is 25.4 Å². The predicted molar refractivity (Wildman–Crippen MR) is 79.8 cm³/mol. The van der Waals surface area contributed by atoms with Crippen LogP contribution in [0.25, 0.3) is 0 Å². The largest absolute Gasteiger partial charge is 0.416 e. The molecule has 112 valence electrons. The lowest BCUT2D eigenvalue weighted by Crippen LogP contribution is -2.07. The third-order valence-electron chi connectivity index (χ3n) is 3.46. The van der Waals surface area contributed by atoms with Crippen molar-refractivity contribution in [2.24, 2.45) is 0 Å². The van der Waals surface area contributed by atoms with Gasteiger partial charge < -0.3 is 0 Å². The first-order valence-electron chi connectivity index (χ1n) is 6.69. The molecule has 21 heavy (non-hydrogen) atoms. The summed E-state index contributed by atoms with van der Waals surface area (Å²) in [6.07, 6.45) is -3.66. The first kappa shape index (κ1) is 15.9. The van der Waals surface area contributed by atoms with Crippen LogP contribution in [0, 0.1) is 6.92 Å². The van der Waals surface area contributed by atoms with Crippen LogP contribution >= 0.6 is 11.6 Å². The number of hydrogen-bond acceptors (Lipinski definition) is 0. The molecule has 0 N–H and O–H groups in total. The van der Waals surface area contributed by atoms with Crippen LogP contribution in [-0.4, -0.2) is 5.88 Å². The average Bonchev–Trinajstić information content (AvgIpc) is 2.44. The minimum Gasteiger partial charge on any atom is -0.166 e. The summed E-state index contributed by atoms with van der Waals surface area (Å²) in [5, 5.41) is 0. The second-order valence-corrected chi connectivity index (χ2v) is 5.47. The Balaban J connectivity index is 2.15. The quantitative estimate of drug-likeness (QED) is 0.647. The average molecular weight is 313 g/mol. The highest BCUT2D eigenvalue weighted by molar-refractivity contribution is 6.18. The lowest BCUT2D eigenvalue weighted by atomic mass is 9.92. The van der Waals surface area contributed by atoms with Gasteiger partial charge in [-0.2, -0.15) is 13.2 Å². The smallest absolute Gasteiger partial charge is 0.166 e. The molecule has 0 aliphatic carbocycles. The Hall–Kier alpha value is -1.48. The van der Waals surface area contributed by atoms with Crippen LogP contribution in [0.3, 0.4) is 0 Å². The Labute approximate surface area is 127 Å². The molecule has 4 heteroatoms. The van der Waals surface area contributed by atoms with Gasteiger partial charge in [-0.1, -0.05) is 42.0 Å². The predicted octanol–water partition coefficient (Wildman–Crippen LogP) is 5.58. The summed E-state index contributed by atoms with van der Waals surface area (Å²) >= 11 is 6.03. The maximum absolute atomic E-state index is 12.5. The van der Waals surface area contributed by atoms with E-state index in [-0.39, 0.29) is 5.92 Å². The molecular weight excluding hydrogens is 297 g/mol. The molecule has 0 heterocycles. The van der Waals surface area contributed by atoms with Gasteiger partial charge in [0.2, 0.25) is 0 Å². The molecule has 2 aromatic rings. The van der Waals surface area contributed by atoms with Gasteiger partial charge in [-0.15, -0.1) is 11.6 Å².